The Hall–Kier alpha value is 0.0500. The SMILES string of the molecule is CC1(C(=O)NC2CCCC2)CC1(Cl)Cl. The highest BCUT2D eigenvalue weighted by Gasteiger charge is 2.68. The van der Waals surface area contributed by atoms with Crippen molar-refractivity contribution in [2.24, 2.45) is 5.41 Å². The fraction of sp³-hybridized carbons (Fsp3) is 0.900. The molecule has 2 nitrogen and oxygen atoms in total. The molecule has 2 aliphatic rings. The van der Waals surface area contributed by atoms with Crippen LogP contribution in [0.25, 0.3) is 0 Å². The van der Waals surface area contributed by atoms with Crippen molar-refractivity contribution in [2.75, 3.05) is 0 Å². The van der Waals surface area contributed by atoms with E-state index in [0.717, 1.165) is 12.8 Å². The normalized spacial score (nSPS) is 35.6. The Bertz CT molecular complexity index is 261. The quantitative estimate of drug-likeness (QED) is 0.733. The van der Waals surface area contributed by atoms with Gasteiger partial charge in [0.15, 0.2) is 0 Å². The minimum atomic E-state index is -0.838. The highest BCUT2D eigenvalue weighted by Crippen LogP contribution is 2.63. The Labute approximate surface area is 94.3 Å². The molecular formula is C10H15Cl2NO. The molecule has 2 saturated carbocycles. The number of hydrogen-bond acceptors (Lipinski definition) is 1. The minimum Gasteiger partial charge on any atom is -0.353 e. The van der Waals surface area contributed by atoms with Gasteiger partial charge in [0.1, 0.15) is 4.33 Å². The molecule has 0 saturated heterocycles. The topological polar surface area (TPSA) is 29.1 Å². The van der Waals surface area contributed by atoms with E-state index >= 15 is 0 Å². The molecule has 0 heterocycles. The van der Waals surface area contributed by atoms with Gasteiger partial charge in [0.2, 0.25) is 5.91 Å². The molecule has 1 atom stereocenters. The molecule has 2 aliphatic carbocycles. The van der Waals surface area contributed by atoms with Crippen LogP contribution >= 0.6 is 23.2 Å². The van der Waals surface area contributed by atoms with Crippen LogP contribution in [0.1, 0.15) is 39.0 Å². The maximum absolute atomic E-state index is 11.8. The number of alkyl halides is 2. The van der Waals surface area contributed by atoms with Crippen LogP contribution in [0, 0.1) is 5.41 Å². The van der Waals surface area contributed by atoms with Crippen LogP contribution in [0.3, 0.4) is 0 Å². The third-order valence-corrected chi connectivity index (χ3v) is 4.55. The summed E-state index contributed by atoms with van der Waals surface area (Å²) in [7, 11) is 0. The lowest BCUT2D eigenvalue weighted by Crippen LogP contribution is -2.39. The number of rotatable bonds is 2. The molecule has 0 bridgehead atoms. The van der Waals surface area contributed by atoms with Crippen molar-refractivity contribution in [1.82, 2.24) is 5.32 Å². The van der Waals surface area contributed by atoms with Gasteiger partial charge in [-0.05, 0) is 26.2 Å². The third-order valence-electron chi connectivity index (χ3n) is 3.45. The van der Waals surface area contributed by atoms with Crippen LogP contribution in [0.15, 0.2) is 0 Å². The van der Waals surface area contributed by atoms with Crippen molar-refractivity contribution in [1.29, 1.82) is 0 Å². The van der Waals surface area contributed by atoms with E-state index in [-0.39, 0.29) is 5.91 Å². The summed E-state index contributed by atoms with van der Waals surface area (Å²) >= 11 is 11.9. The first kappa shape index (κ1) is 10.6. The molecule has 4 heteroatoms. The molecule has 1 N–H and O–H groups in total. The lowest BCUT2D eigenvalue weighted by atomic mass is 10.1. The molecule has 2 rings (SSSR count). The molecule has 0 aromatic carbocycles. The molecule has 80 valence electrons. The van der Waals surface area contributed by atoms with Crippen LogP contribution < -0.4 is 5.32 Å². The van der Waals surface area contributed by atoms with E-state index < -0.39 is 9.75 Å². The van der Waals surface area contributed by atoms with E-state index in [9.17, 15) is 4.79 Å². The average molecular weight is 236 g/mol. The predicted molar refractivity (Wildman–Crippen MR) is 57.6 cm³/mol. The van der Waals surface area contributed by atoms with E-state index in [2.05, 4.69) is 5.32 Å². The Morgan fingerprint density at radius 3 is 2.29 bits per heavy atom. The summed E-state index contributed by atoms with van der Waals surface area (Å²) < 4.78 is -0.838. The van der Waals surface area contributed by atoms with Gasteiger partial charge < -0.3 is 5.32 Å². The number of carbonyl (C=O) groups excluding carboxylic acids is 1. The number of nitrogens with one attached hydrogen (secondary N) is 1. The smallest absolute Gasteiger partial charge is 0.229 e. The first-order chi connectivity index (χ1) is 6.46. The molecule has 1 unspecified atom stereocenters. The standard InChI is InChI=1S/C10H15Cl2NO/c1-9(6-10(9,11)12)8(14)13-7-4-2-3-5-7/h7H,2-6H2,1H3,(H,13,14). The summed E-state index contributed by atoms with van der Waals surface area (Å²) in [6, 6.07) is 0.351. The highest BCUT2D eigenvalue weighted by molar-refractivity contribution is 6.53. The molecule has 0 radical (unpaired) electrons. The van der Waals surface area contributed by atoms with Gasteiger partial charge in [0.05, 0.1) is 5.41 Å². The number of carbonyl (C=O) groups is 1. The maximum atomic E-state index is 11.8. The van der Waals surface area contributed by atoms with Gasteiger partial charge in [-0.15, -0.1) is 23.2 Å². The summed E-state index contributed by atoms with van der Waals surface area (Å²) in [6.07, 6.45) is 5.20. The van der Waals surface area contributed by atoms with Crippen LogP contribution in [-0.2, 0) is 4.79 Å². The van der Waals surface area contributed by atoms with Crippen molar-refractivity contribution in [3.8, 4) is 0 Å². The maximum Gasteiger partial charge on any atom is 0.229 e. The minimum absolute atomic E-state index is 0.0226. The van der Waals surface area contributed by atoms with Gasteiger partial charge in [-0.3, -0.25) is 4.79 Å². The van der Waals surface area contributed by atoms with Gasteiger partial charge in [0, 0.05) is 6.04 Å². The largest absolute Gasteiger partial charge is 0.353 e. The molecular weight excluding hydrogens is 221 g/mol. The Balaban J connectivity index is 1.90. The van der Waals surface area contributed by atoms with Crippen molar-refractivity contribution < 1.29 is 4.79 Å². The van der Waals surface area contributed by atoms with Crippen molar-refractivity contribution in [2.45, 2.75) is 49.4 Å². The Morgan fingerprint density at radius 2 is 1.86 bits per heavy atom. The van der Waals surface area contributed by atoms with Crippen LogP contribution in [0.4, 0.5) is 0 Å². The Morgan fingerprint density at radius 1 is 1.36 bits per heavy atom. The second-order valence-electron chi connectivity index (χ2n) is 4.67. The van der Waals surface area contributed by atoms with E-state index in [4.69, 9.17) is 23.2 Å². The molecule has 14 heavy (non-hydrogen) atoms. The van der Waals surface area contributed by atoms with E-state index in [0.29, 0.717) is 12.5 Å². The second kappa shape index (κ2) is 3.28. The van der Waals surface area contributed by atoms with Crippen LogP contribution in [-0.4, -0.2) is 16.3 Å². The lowest BCUT2D eigenvalue weighted by molar-refractivity contribution is -0.126. The second-order valence-corrected chi connectivity index (χ2v) is 6.15. The van der Waals surface area contributed by atoms with E-state index in [1.54, 1.807) is 0 Å². The fourth-order valence-corrected chi connectivity index (χ4v) is 2.77. The predicted octanol–water partition coefficient (Wildman–Crippen LogP) is 2.63. The molecule has 2 fully saturated rings. The summed E-state index contributed by atoms with van der Waals surface area (Å²) in [6.45, 7) is 1.83. The summed E-state index contributed by atoms with van der Waals surface area (Å²) in [5.41, 5.74) is -0.557. The zero-order chi connectivity index (χ0) is 10.4. The molecule has 0 aromatic heterocycles. The fourth-order valence-electron chi connectivity index (χ4n) is 2.06. The van der Waals surface area contributed by atoms with Crippen molar-refractivity contribution in [3.63, 3.8) is 0 Å². The number of amides is 1. The first-order valence-corrected chi connectivity index (χ1v) is 5.90. The van der Waals surface area contributed by atoms with E-state index in [1.165, 1.54) is 12.8 Å². The van der Waals surface area contributed by atoms with Crippen LogP contribution in [0.5, 0.6) is 0 Å². The Kier molecular flexibility index (Phi) is 2.47. The van der Waals surface area contributed by atoms with Gasteiger partial charge in [-0.2, -0.15) is 0 Å². The summed E-state index contributed by atoms with van der Waals surface area (Å²) in [5, 5.41) is 3.03. The number of halogens is 2. The van der Waals surface area contributed by atoms with Gasteiger partial charge >= 0.3 is 0 Å². The summed E-state index contributed by atoms with van der Waals surface area (Å²) in [5.74, 6) is 0.0226. The monoisotopic (exact) mass is 235 g/mol. The highest BCUT2D eigenvalue weighted by atomic mass is 35.5. The molecule has 0 aromatic rings. The van der Waals surface area contributed by atoms with Gasteiger partial charge in [0.25, 0.3) is 0 Å². The van der Waals surface area contributed by atoms with Crippen molar-refractivity contribution in [3.05, 3.63) is 0 Å². The molecule has 0 spiro atoms. The first-order valence-electron chi connectivity index (χ1n) is 5.14. The van der Waals surface area contributed by atoms with Crippen LogP contribution in [0.2, 0.25) is 0 Å². The van der Waals surface area contributed by atoms with Crippen molar-refractivity contribution >= 4 is 29.1 Å². The van der Waals surface area contributed by atoms with E-state index in [1.807, 2.05) is 6.92 Å². The van der Waals surface area contributed by atoms with Gasteiger partial charge in [-0.25, -0.2) is 0 Å². The average Bonchev–Trinajstić information content (AvgIpc) is 2.54. The molecule has 1 amide bonds. The lowest BCUT2D eigenvalue weighted by Gasteiger charge is -2.17. The summed E-state index contributed by atoms with van der Waals surface area (Å²) in [4.78, 5) is 11.8. The zero-order valence-electron chi connectivity index (χ0n) is 8.28. The zero-order valence-corrected chi connectivity index (χ0v) is 9.79. The van der Waals surface area contributed by atoms with Gasteiger partial charge in [-0.1, -0.05) is 12.8 Å². The molecule has 0 aliphatic heterocycles. The third kappa shape index (κ3) is 1.63. The number of hydrogen-bond donors (Lipinski definition) is 1.